The smallest absolute Gasteiger partial charge is 0.244 e. The van der Waals surface area contributed by atoms with Crippen molar-refractivity contribution >= 4 is 50.7 Å². The summed E-state index contributed by atoms with van der Waals surface area (Å²) in [5.74, 6) is -1.37. The van der Waals surface area contributed by atoms with E-state index in [1.165, 1.54) is 47.4 Å². The highest BCUT2D eigenvalue weighted by Gasteiger charge is 2.31. The van der Waals surface area contributed by atoms with Crippen molar-refractivity contribution in [3.8, 4) is 0 Å². The minimum atomic E-state index is -3.92. The van der Waals surface area contributed by atoms with Crippen molar-refractivity contribution in [3.05, 3.63) is 63.9 Å². The van der Waals surface area contributed by atoms with Gasteiger partial charge in [0, 0.05) is 17.6 Å². The number of sulfonamides is 1. The zero-order valence-electron chi connectivity index (χ0n) is 20.2. The third kappa shape index (κ3) is 7.57. The molecule has 0 unspecified atom stereocenters. The van der Waals surface area contributed by atoms with Crippen LogP contribution >= 0.6 is 23.2 Å². The Bertz CT molecular complexity index is 1190. The van der Waals surface area contributed by atoms with Crippen LogP contribution in [-0.2, 0) is 26.2 Å². The van der Waals surface area contributed by atoms with Crippen LogP contribution < -0.4 is 9.62 Å². The first-order valence-electron chi connectivity index (χ1n) is 11.7. The highest BCUT2D eigenvalue weighted by atomic mass is 35.5. The number of benzene rings is 2. The van der Waals surface area contributed by atoms with E-state index < -0.39 is 34.3 Å². The molecule has 11 heteroatoms. The van der Waals surface area contributed by atoms with Crippen LogP contribution in [0.5, 0.6) is 0 Å². The van der Waals surface area contributed by atoms with Crippen molar-refractivity contribution in [3.63, 3.8) is 0 Å². The van der Waals surface area contributed by atoms with Gasteiger partial charge in [-0.1, -0.05) is 54.6 Å². The largest absolute Gasteiger partial charge is 0.352 e. The van der Waals surface area contributed by atoms with E-state index in [2.05, 4.69) is 5.32 Å². The van der Waals surface area contributed by atoms with Crippen LogP contribution in [0.1, 0.15) is 44.6 Å². The predicted octanol–water partition coefficient (Wildman–Crippen LogP) is 4.76. The van der Waals surface area contributed by atoms with Crippen LogP contribution in [0.3, 0.4) is 0 Å². The van der Waals surface area contributed by atoms with Crippen molar-refractivity contribution in [1.82, 2.24) is 10.2 Å². The minimum Gasteiger partial charge on any atom is -0.352 e. The molecule has 7 nitrogen and oxygen atoms in total. The lowest BCUT2D eigenvalue weighted by molar-refractivity contribution is -0.139. The number of anilines is 1. The fourth-order valence-electron chi connectivity index (χ4n) is 4.22. The average molecular weight is 559 g/mol. The van der Waals surface area contributed by atoms with Gasteiger partial charge >= 0.3 is 0 Å². The molecule has 1 aliphatic rings. The van der Waals surface area contributed by atoms with Gasteiger partial charge in [0.1, 0.15) is 18.4 Å². The number of rotatable bonds is 9. The fourth-order valence-corrected chi connectivity index (χ4v) is 5.64. The summed E-state index contributed by atoms with van der Waals surface area (Å²) in [6, 6.07) is 8.99. The summed E-state index contributed by atoms with van der Waals surface area (Å²) in [4.78, 5) is 28.0. The monoisotopic (exact) mass is 557 g/mol. The molecule has 0 aromatic heterocycles. The molecule has 3 rings (SSSR count). The summed E-state index contributed by atoms with van der Waals surface area (Å²) in [6.07, 6.45) is 5.91. The van der Waals surface area contributed by atoms with Gasteiger partial charge in [-0.25, -0.2) is 12.8 Å². The third-order valence-corrected chi connectivity index (χ3v) is 7.91. The molecule has 0 aliphatic heterocycles. The van der Waals surface area contributed by atoms with E-state index in [0.717, 1.165) is 42.7 Å². The van der Waals surface area contributed by atoms with E-state index in [-0.39, 0.29) is 29.2 Å². The second kappa shape index (κ2) is 12.3. The maximum Gasteiger partial charge on any atom is 0.244 e. The number of halogens is 3. The SMILES string of the molecule is C[C@@H](C(=O)NC1CCCCC1)N(Cc1ccc(F)cc1)C(=O)CN(c1ccc(Cl)cc1Cl)S(C)(=O)=O. The quantitative estimate of drug-likeness (QED) is 0.481. The van der Waals surface area contributed by atoms with Gasteiger partial charge in [0.2, 0.25) is 21.8 Å². The number of hydrogen-bond acceptors (Lipinski definition) is 4. The number of carbonyl (C=O) groups excluding carboxylic acids is 2. The molecule has 0 spiro atoms. The Morgan fingerprint density at radius 2 is 1.72 bits per heavy atom. The number of amides is 2. The first-order valence-corrected chi connectivity index (χ1v) is 14.3. The van der Waals surface area contributed by atoms with Gasteiger partial charge in [-0.2, -0.15) is 0 Å². The Labute approximate surface area is 221 Å². The number of hydrogen-bond donors (Lipinski definition) is 1. The number of nitrogens with zero attached hydrogens (tertiary/aromatic N) is 2. The van der Waals surface area contributed by atoms with Crippen molar-refractivity contribution in [2.45, 2.75) is 57.7 Å². The standard InChI is InChI=1S/C25H30Cl2FN3O4S/c1-17(25(33)29-21-6-4-3-5-7-21)30(15-18-8-11-20(28)12-9-18)24(32)16-31(36(2,34)35)23-13-10-19(26)14-22(23)27/h8-14,17,21H,3-7,15-16H2,1-2H3,(H,29,33)/t17-/m0/s1. The lowest BCUT2D eigenvalue weighted by Gasteiger charge is -2.33. The molecule has 2 amide bonds. The lowest BCUT2D eigenvalue weighted by Crippen LogP contribution is -2.53. The number of nitrogens with one attached hydrogen (secondary N) is 1. The van der Waals surface area contributed by atoms with Crippen LogP contribution in [0.25, 0.3) is 0 Å². The van der Waals surface area contributed by atoms with Gasteiger partial charge in [-0.3, -0.25) is 13.9 Å². The van der Waals surface area contributed by atoms with E-state index >= 15 is 0 Å². The average Bonchev–Trinajstić information content (AvgIpc) is 2.82. The molecule has 1 N–H and O–H groups in total. The van der Waals surface area contributed by atoms with Gasteiger partial charge in [0.05, 0.1) is 17.0 Å². The molecule has 1 fully saturated rings. The van der Waals surface area contributed by atoms with Gasteiger partial charge in [0.25, 0.3) is 0 Å². The Morgan fingerprint density at radius 1 is 1.08 bits per heavy atom. The maximum absolute atomic E-state index is 13.6. The molecule has 1 saturated carbocycles. The van der Waals surface area contributed by atoms with Crippen molar-refractivity contribution in [2.24, 2.45) is 0 Å². The van der Waals surface area contributed by atoms with E-state index in [1.54, 1.807) is 6.92 Å². The molecule has 0 bridgehead atoms. The molecule has 0 radical (unpaired) electrons. The summed E-state index contributed by atoms with van der Waals surface area (Å²) in [6.45, 7) is 1.01. The molecule has 2 aromatic rings. The Kier molecular flexibility index (Phi) is 9.60. The lowest BCUT2D eigenvalue weighted by atomic mass is 9.95. The molecule has 1 atom stereocenters. The Balaban J connectivity index is 1.88. The highest BCUT2D eigenvalue weighted by Crippen LogP contribution is 2.30. The summed E-state index contributed by atoms with van der Waals surface area (Å²) in [5.41, 5.74) is 0.690. The van der Waals surface area contributed by atoms with E-state index in [0.29, 0.717) is 10.6 Å². The summed E-state index contributed by atoms with van der Waals surface area (Å²) in [7, 11) is -3.92. The van der Waals surface area contributed by atoms with Crippen LogP contribution in [0, 0.1) is 5.82 Å². The molecule has 36 heavy (non-hydrogen) atoms. The van der Waals surface area contributed by atoms with Gasteiger partial charge < -0.3 is 10.2 Å². The summed E-state index contributed by atoms with van der Waals surface area (Å²) < 4.78 is 39.6. The Morgan fingerprint density at radius 3 is 2.31 bits per heavy atom. The Hall–Kier alpha value is -2.36. The molecular formula is C25H30Cl2FN3O4S. The summed E-state index contributed by atoms with van der Waals surface area (Å²) in [5, 5.41) is 3.40. The molecule has 1 aliphatic carbocycles. The fraction of sp³-hybridized carbons (Fsp3) is 0.440. The van der Waals surface area contributed by atoms with E-state index in [1.807, 2.05) is 0 Å². The zero-order valence-corrected chi connectivity index (χ0v) is 22.5. The van der Waals surface area contributed by atoms with Crippen LogP contribution in [0.2, 0.25) is 10.0 Å². The van der Waals surface area contributed by atoms with Crippen LogP contribution in [0.4, 0.5) is 10.1 Å². The predicted molar refractivity (Wildman–Crippen MR) is 140 cm³/mol. The van der Waals surface area contributed by atoms with Gasteiger partial charge in [-0.15, -0.1) is 0 Å². The molecule has 196 valence electrons. The first kappa shape index (κ1) is 28.2. The van der Waals surface area contributed by atoms with Crippen molar-refractivity contribution in [1.29, 1.82) is 0 Å². The van der Waals surface area contributed by atoms with Crippen molar-refractivity contribution < 1.29 is 22.4 Å². The molecule has 2 aromatic carbocycles. The molecular weight excluding hydrogens is 528 g/mol. The van der Waals surface area contributed by atoms with Crippen LogP contribution in [-0.4, -0.2) is 50.0 Å². The minimum absolute atomic E-state index is 0.00960. The summed E-state index contributed by atoms with van der Waals surface area (Å²) >= 11 is 12.2. The topological polar surface area (TPSA) is 86.8 Å². The normalized spacial score (nSPS) is 15.2. The number of carbonyl (C=O) groups is 2. The highest BCUT2D eigenvalue weighted by molar-refractivity contribution is 7.92. The second-order valence-electron chi connectivity index (χ2n) is 9.03. The van der Waals surface area contributed by atoms with Crippen LogP contribution in [0.15, 0.2) is 42.5 Å². The van der Waals surface area contributed by atoms with Crippen molar-refractivity contribution in [2.75, 3.05) is 17.1 Å². The second-order valence-corrected chi connectivity index (χ2v) is 11.8. The van der Waals surface area contributed by atoms with Gasteiger partial charge in [0.15, 0.2) is 0 Å². The van der Waals surface area contributed by atoms with E-state index in [9.17, 15) is 22.4 Å². The first-order chi connectivity index (χ1) is 17.0. The van der Waals surface area contributed by atoms with Gasteiger partial charge in [-0.05, 0) is 55.7 Å². The molecule has 0 saturated heterocycles. The molecule has 0 heterocycles. The zero-order chi connectivity index (χ0) is 26.5. The third-order valence-electron chi connectivity index (χ3n) is 6.24. The maximum atomic E-state index is 13.6. The van der Waals surface area contributed by atoms with E-state index in [4.69, 9.17) is 23.2 Å².